The van der Waals surface area contributed by atoms with Gasteiger partial charge in [-0.25, -0.2) is 0 Å². The summed E-state index contributed by atoms with van der Waals surface area (Å²) in [6.07, 6.45) is 2.39. The molecule has 5 heteroatoms. The Morgan fingerprint density at radius 1 is 1.35 bits per heavy atom. The van der Waals surface area contributed by atoms with Gasteiger partial charge in [0.25, 0.3) is 5.91 Å². The summed E-state index contributed by atoms with van der Waals surface area (Å²) in [5.74, 6) is -0.0170. The van der Waals surface area contributed by atoms with Gasteiger partial charge in [-0.3, -0.25) is 4.79 Å². The van der Waals surface area contributed by atoms with E-state index < -0.39 is 0 Å². The Labute approximate surface area is 126 Å². The first-order valence-electron chi connectivity index (χ1n) is 5.36. The molecule has 0 bridgehead atoms. The third kappa shape index (κ3) is 3.32. The second-order valence-electron chi connectivity index (χ2n) is 4.44. The van der Waals surface area contributed by atoms with E-state index in [0.717, 1.165) is 20.8 Å². The molecular weight excluding hydrogens is 414 g/mol. The molecular formula is C12H12Br3NO. The summed E-state index contributed by atoms with van der Waals surface area (Å²) in [6.45, 7) is 0.750. The van der Waals surface area contributed by atoms with Crippen LogP contribution in [0.1, 0.15) is 23.2 Å². The van der Waals surface area contributed by atoms with Gasteiger partial charge in [-0.1, -0.05) is 31.9 Å². The zero-order valence-corrected chi connectivity index (χ0v) is 13.9. The van der Waals surface area contributed by atoms with Gasteiger partial charge in [-0.15, -0.1) is 0 Å². The van der Waals surface area contributed by atoms with Gasteiger partial charge in [-0.05, 0) is 52.4 Å². The molecule has 1 N–H and O–H groups in total. The summed E-state index contributed by atoms with van der Waals surface area (Å²) in [6, 6.07) is 5.57. The highest BCUT2D eigenvalue weighted by atomic mass is 79.9. The minimum atomic E-state index is -0.0170. The number of benzene rings is 1. The molecule has 1 amide bonds. The van der Waals surface area contributed by atoms with E-state index in [4.69, 9.17) is 0 Å². The van der Waals surface area contributed by atoms with Gasteiger partial charge < -0.3 is 5.32 Å². The lowest BCUT2D eigenvalue weighted by molar-refractivity contribution is 0.0946. The van der Waals surface area contributed by atoms with Gasteiger partial charge in [0.15, 0.2) is 0 Å². The first kappa shape index (κ1) is 13.6. The molecule has 1 aromatic carbocycles. The van der Waals surface area contributed by atoms with E-state index in [2.05, 4.69) is 53.1 Å². The maximum absolute atomic E-state index is 12.0. The second-order valence-corrected chi connectivity index (χ2v) is 6.77. The first-order valence-corrected chi connectivity index (χ1v) is 8.06. The maximum Gasteiger partial charge on any atom is 0.252 e. The molecule has 0 heterocycles. The van der Waals surface area contributed by atoms with Crippen LogP contribution in [0, 0.1) is 5.41 Å². The Morgan fingerprint density at radius 3 is 2.59 bits per heavy atom. The number of hydrogen-bond acceptors (Lipinski definition) is 1. The monoisotopic (exact) mass is 423 g/mol. The second kappa shape index (κ2) is 5.41. The van der Waals surface area contributed by atoms with Crippen LogP contribution in [0.2, 0.25) is 0 Å². The van der Waals surface area contributed by atoms with E-state index in [9.17, 15) is 4.79 Å². The molecule has 2 nitrogen and oxygen atoms in total. The number of carbonyl (C=O) groups is 1. The predicted molar refractivity (Wildman–Crippen MR) is 79.6 cm³/mol. The van der Waals surface area contributed by atoms with Crippen molar-refractivity contribution in [2.24, 2.45) is 5.41 Å². The topological polar surface area (TPSA) is 29.1 Å². The lowest BCUT2D eigenvalue weighted by Gasteiger charge is -2.13. The number of carbonyl (C=O) groups excluding carboxylic acids is 1. The summed E-state index contributed by atoms with van der Waals surface area (Å²) in [4.78, 5) is 12.0. The number of alkyl halides is 1. The zero-order chi connectivity index (χ0) is 12.5. The molecule has 1 aliphatic carbocycles. The van der Waals surface area contributed by atoms with Crippen molar-refractivity contribution >= 4 is 53.7 Å². The van der Waals surface area contributed by atoms with Crippen molar-refractivity contribution in [3.8, 4) is 0 Å². The molecule has 0 radical (unpaired) electrons. The quantitative estimate of drug-likeness (QED) is 0.722. The molecule has 1 aliphatic rings. The fourth-order valence-electron chi connectivity index (χ4n) is 1.57. The Morgan fingerprint density at radius 2 is 2.06 bits per heavy atom. The van der Waals surface area contributed by atoms with Crippen molar-refractivity contribution in [3.63, 3.8) is 0 Å². The molecule has 1 aromatic rings. The summed E-state index contributed by atoms with van der Waals surface area (Å²) in [5, 5.41) is 3.96. The van der Waals surface area contributed by atoms with E-state index >= 15 is 0 Å². The molecule has 0 unspecified atom stereocenters. The van der Waals surface area contributed by atoms with E-state index in [0.29, 0.717) is 11.0 Å². The molecule has 0 saturated heterocycles. The fourth-order valence-corrected chi connectivity index (χ4v) is 3.56. The third-order valence-corrected chi connectivity index (χ3v) is 5.38. The number of halogens is 3. The van der Waals surface area contributed by atoms with Crippen LogP contribution >= 0.6 is 47.8 Å². The van der Waals surface area contributed by atoms with Crippen molar-refractivity contribution in [2.45, 2.75) is 12.8 Å². The van der Waals surface area contributed by atoms with Gasteiger partial charge in [0.1, 0.15) is 0 Å². The number of rotatable bonds is 4. The average molecular weight is 426 g/mol. The summed E-state index contributed by atoms with van der Waals surface area (Å²) in [7, 11) is 0. The largest absolute Gasteiger partial charge is 0.351 e. The highest BCUT2D eigenvalue weighted by Gasteiger charge is 2.41. The highest BCUT2D eigenvalue weighted by molar-refractivity contribution is 9.11. The standard InChI is InChI=1S/C12H12Br3NO/c13-6-12(3-4-12)7-16-11(17)9-2-1-8(14)5-10(9)15/h1-2,5H,3-4,6-7H2,(H,16,17). The fraction of sp³-hybridized carbons (Fsp3) is 0.417. The van der Waals surface area contributed by atoms with Gasteiger partial charge in [0.05, 0.1) is 5.56 Å². The molecule has 1 fully saturated rings. The van der Waals surface area contributed by atoms with Crippen molar-refractivity contribution in [2.75, 3.05) is 11.9 Å². The molecule has 0 spiro atoms. The number of nitrogens with one attached hydrogen (secondary N) is 1. The van der Waals surface area contributed by atoms with Gasteiger partial charge in [0.2, 0.25) is 0 Å². The van der Waals surface area contributed by atoms with Crippen LogP contribution < -0.4 is 5.32 Å². The Bertz CT molecular complexity index is 443. The Kier molecular flexibility index (Phi) is 4.31. The smallest absolute Gasteiger partial charge is 0.252 e. The van der Waals surface area contributed by atoms with Crippen LogP contribution in [0.25, 0.3) is 0 Å². The van der Waals surface area contributed by atoms with Crippen molar-refractivity contribution in [3.05, 3.63) is 32.7 Å². The van der Waals surface area contributed by atoms with Crippen LogP contribution in [-0.4, -0.2) is 17.8 Å². The SMILES string of the molecule is O=C(NCC1(CBr)CC1)c1ccc(Br)cc1Br. The Hall–Kier alpha value is 0.130. The third-order valence-electron chi connectivity index (χ3n) is 3.04. The highest BCUT2D eigenvalue weighted by Crippen LogP contribution is 2.46. The number of amides is 1. The van der Waals surface area contributed by atoms with Crippen molar-refractivity contribution < 1.29 is 4.79 Å². The van der Waals surface area contributed by atoms with E-state index in [1.165, 1.54) is 12.8 Å². The molecule has 0 aliphatic heterocycles. The minimum Gasteiger partial charge on any atom is -0.351 e. The molecule has 0 atom stereocenters. The van der Waals surface area contributed by atoms with E-state index in [1.54, 1.807) is 0 Å². The molecule has 2 rings (SSSR count). The van der Waals surface area contributed by atoms with E-state index in [1.807, 2.05) is 18.2 Å². The molecule has 0 aromatic heterocycles. The van der Waals surface area contributed by atoms with Crippen LogP contribution in [0.5, 0.6) is 0 Å². The predicted octanol–water partition coefficient (Wildman–Crippen LogP) is 4.12. The number of hydrogen-bond donors (Lipinski definition) is 1. The molecule has 1 saturated carbocycles. The van der Waals surface area contributed by atoms with Crippen LogP contribution in [-0.2, 0) is 0 Å². The van der Waals surface area contributed by atoms with Gasteiger partial charge in [-0.2, -0.15) is 0 Å². The van der Waals surface area contributed by atoms with Gasteiger partial charge >= 0.3 is 0 Å². The first-order chi connectivity index (χ1) is 8.06. The summed E-state index contributed by atoms with van der Waals surface area (Å²) in [5.41, 5.74) is 0.982. The van der Waals surface area contributed by atoms with Crippen LogP contribution in [0.3, 0.4) is 0 Å². The lowest BCUT2D eigenvalue weighted by atomic mass is 10.1. The lowest BCUT2D eigenvalue weighted by Crippen LogP contribution is -2.31. The van der Waals surface area contributed by atoms with Crippen molar-refractivity contribution in [1.29, 1.82) is 0 Å². The molecule has 92 valence electrons. The van der Waals surface area contributed by atoms with Gasteiger partial charge in [0, 0.05) is 20.8 Å². The average Bonchev–Trinajstić information content (AvgIpc) is 3.07. The zero-order valence-electron chi connectivity index (χ0n) is 9.10. The van der Waals surface area contributed by atoms with Crippen LogP contribution in [0.15, 0.2) is 27.1 Å². The maximum atomic E-state index is 12.0. The van der Waals surface area contributed by atoms with E-state index in [-0.39, 0.29) is 5.91 Å². The molecule has 17 heavy (non-hydrogen) atoms. The Balaban J connectivity index is 2.00. The normalized spacial score (nSPS) is 16.6. The van der Waals surface area contributed by atoms with Crippen LogP contribution in [0.4, 0.5) is 0 Å². The summed E-state index contributed by atoms with van der Waals surface area (Å²) < 4.78 is 1.77. The van der Waals surface area contributed by atoms with Crippen molar-refractivity contribution in [1.82, 2.24) is 5.32 Å². The minimum absolute atomic E-state index is 0.0170. The summed E-state index contributed by atoms with van der Waals surface area (Å²) >= 11 is 10.3.